The molecule has 0 aliphatic carbocycles. The molecule has 0 saturated carbocycles. The van der Waals surface area contributed by atoms with Gasteiger partial charge in [-0.1, -0.05) is 23.2 Å². The SMILES string of the molecule is O=C(Nc1ccc(F)cc1C(=O)c1ccc(Cl)cc1)c1ccc(Cl)cc1. The van der Waals surface area contributed by atoms with Gasteiger partial charge in [-0.3, -0.25) is 9.59 Å². The van der Waals surface area contributed by atoms with Crippen LogP contribution >= 0.6 is 23.2 Å². The predicted molar refractivity (Wildman–Crippen MR) is 101 cm³/mol. The maximum Gasteiger partial charge on any atom is 0.255 e. The van der Waals surface area contributed by atoms with E-state index in [1.165, 1.54) is 12.1 Å². The minimum absolute atomic E-state index is 0.0506. The lowest BCUT2D eigenvalue weighted by atomic mass is 10.0. The smallest absolute Gasteiger partial charge is 0.255 e. The molecule has 0 unspecified atom stereocenters. The molecule has 0 spiro atoms. The van der Waals surface area contributed by atoms with Gasteiger partial charge in [-0.15, -0.1) is 0 Å². The van der Waals surface area contributed by atoms with Gasteiger partial charge in [0.05, 0.1) is 5.69 Å². The number of hydrogen-bond acceptors (Lipinski definition) is 2. The summed E-state index contributed by atoms with van der Waals surface area (Å²) in [5.74, 6) is -1.43. The maximum absolute atomic E-state index is 13.7. The Morgan fingerprint density at radius 1 is 0.769 bits per heavy atom. The summed E-state index contributed by atoms with van der Waals surface area (Å²) in [6.45, 7) is 0. The number of benzene rings is 3. The van der Waals surface area contributed by atoms with E-state index < -0.39 is 17.5 Å². The third-order valence-electron chi connectivity index (χ3n) is 3.69. The molecular weight excluding hydrogens is 376 g/mol. The van der Waals surface area contributed by atoms with Crippen LogP contribution in [0.1, 0.15) is 26.3 Å². The molecule has 0 heterocycles. The molecule has 6 heteroatoms. The summed E-state index contributed by atoms with van der Waals surface area (Å²) in [5, 5.41) is 3.63. The van der Waals surface area contributed by atoms with E-state index >= 15 is 0 Å². The van der Waals surface area contributed by atoms with Crippen molar-refractivity contribution in [3.8, 4) is 0 Å². The molecule has 0 atom stereocenters. The molecule has 26 heavy (non-hydrogen) atoms. The van der Waals surface area contributed by atoms with Gasteiger partial charge in [0.15, 0.2) is 5.78 Å². The second-order valence-corrected chi connectivity index (χ2v) is 6.36. The zero-order chi connectivity index (χ0) is 18.7. The van der Waals surface area contributed by atoms with Gasteiger partial charge in [0.1, 0.15) is 5.82 Å². The van der Waals surface area contributed by atoms with Gasteiger partial charge in [0.25, 0.3) is 5.91 Å². The average Bonchev–Trinajstić information content (AvgIpc) is 2.63. The summed E-state index contributed by atoms with van der Waals surface area (Å²) < 4.78 is 13.7. The zero-order valence-corrected chi connectivity index (χ0v) is 14.8. The van der Waals surface area contributed by atoms with Gasteiger partial charge in [0, 0.05) is 26.7 Å². The fourth-order valence-electron chi connectivity index (χ4n) is 2.37. The number of amides is 1. The second kappa shape index (κ2) is 7.68. The Kier molecular flexibility index (Phi) is 5.35. The number of ketones is 1. The van der Waals surface area contributed by atoms with Crippen LogP contribution in [0.25, 0.3) is 0 Å². The zero-order valence-electron chi connectivity index (χ0n) is 13.3. The maximum atomic E-state index is 13.7. The highest BCUT2D eigenvalue weighted by Crippen LogP contribution is 2.23. The van der Waals surface area contributed by atoms with Crippen molar-refractivity contribution >= 4 is 40.6 Å². The monoisotopic (exact) mass is 387 g/mol. The van der Waals surface area contributed by atoms with Crippen LogP contribution < -0.4 is 5.32 Å². The van der Waals surface area contributed by atoms with Gasteiger partial charge < -0.3 is 5.32 Å². The highest BCUT2D eigenvalue weighted by atomic mass is 35.5. The first kappa shape index (κ1) is 18.1. The summed E-state index contributed by atoms with van der Waals surface area (Å²) in [4.78, 5) is 25.1. The van der Waals surface area contributed by atoms with E-state index in [4.69, 9.17) is 23.2 Å². The number of carbonyl (C=O) groups excluding carboxylic acids is 2. The van der Waals surface area contributed by atoms with Crippen LogP contribution in [0.2, 0.25) is 10.0 Å². The average molecular weight is 388 g/mol. The van der Waals surface area contributed by atoms with Crippen molar-refractivity contribution in [2.45, 2.75) is 0 Å². The van der Waals surface area contributed by atoms with E-state index in [1.807, 2.05) is 0 Å². The molecule has 0 aliphatic rings. The molecule has 3 nitrogen and oxygen atoms in total. The standard InChI is InChI=1S/C20H12Cl2FNO2/c21-14-5-1-12(2-6-14)19(25)17-11-16(23)9-10-18(17)24-20(26)13-3-7-15(22)8-4-13/h1-11H,(H,24,26). The highest BCUT2D eigenvalue weighted by molar-refractivity contribution is 6.31. The van der Waals surface area contributed by atoms with Gasteiger partial charge in [0.2, 0.25) is 0 Å². The first-order valence-corrected chi connectivity index (χ1v) is 8.36. The summed E-state index contributed by atoms with van der Waals surface area (Å²) >= 11 is 11.6. The van der Waals surface area contributed by atoms with Crippen molar-refractivity contribution < 1.29 is 14.0 Å². The molecule has 0 fully saturated rings. The normalized spacial score (nSPS) is 10.4. The summed E-state index contributed by atoms with van der Waals surface area (Å²) in [6.07, 6.45) is 0. The van der Waals surface area contributed by atoms with Crippen molar-refractivity contribution in [3.63, 3.8) is 0 Å². The minimum Gasteiger partial charge on any atom is -0.321 e. The van der Waals surface area contributed by atoms with E-state index in [0.29, 0.717) is 21.2 Å². The Hall–Kier alpha value is -2.69. The van der Waals surface area contributed by atoms with Crippen molar-refractivity contribution in [3.05, 3.63) is 99.3 Å². The van der Waals surface area contributed by atoms with Gasteiger partial charge in [-0.2, -0.15) is 0 Å². The third-order valence-corrected chi connectivity index (χ3v) is 4.19. The van der Waals surface area contributed by atoms with E-state index in [1.54, 1.807) is 48.5 Å². The van der Waals surface area contributed by atoms with E-state index in [9.17, 15) is 14.0 Å². The molecule has 0 radical (unpaired) electrons. The van der Waals surface area contributed by atoms with Gasteiger partial charge in [-0.05, 0) is 66.7 Å². The molecule has 130 valence electrons. The van der Waals surface area contributed by atoms with Crippen LogP contribution in [0, 0.1) is 5.82 Å². The quantitative estimate of drug-likeness (QED) is 0.590. The Morgan fingerprint density at radius 2 is 1.31 bits per heavy atom. The second-order valence-electron chi connectivity index (χ2n) is 5.49. The van der Waals surface area contributed by atoms with Crippen LogP contribution in [0.4, 0.5) is 10.1 Å². The third kappa shape index (κ3) is 4.10. The fraction of sp³-hybridized carbons (Fsp3) is 0. The number of rotatable bonds is 4. The molecule has 3 aromatic rings. The number of nitrogens with one attached hydrogen (secondary N) is 1. The van der Waals surface area contributed by atoms with Crippen LogP contribution in [-0.2, 0) is 0 Å². The number of hydrogen-bond donors (Lipinski definition) is 1. The van der Waals surface area contributed by atoms with Crippen LogP contribution in [-0.4, -0.2) is 11.7 Å². The van der Waals surface area contributed by atoms with Gasteiger partial charge >= 0.3 is 0 Å². The van der Waals surface area contributed by atoms with Crippen molar-refractivity contribution in [2.75, 3.05) is 5.32 Å². The molecule has 1 amide bonds. The summed E-state index contributed by atoms with van der Waals surface area (Å²) in [5.41, 5.74) is 0.964. The predicted octanol–water partition coefficient (Wildman–Crippen LogP) is 5.62. The lowest BCUT2D eigenvalue weighted by Crippen LogP contribution is -2.15. The molecular formula is C20H12Cl2FNO2. The van der Waals surface area contributed by atoms with Crippen LogP contribution in [0.3, 0.4) is 0 Å². The topological polar surface area (TPSA) is 46.2 Å². The van der Waals surface area contributed by atoms with E-state index in [2.05, 4.69) is 5.32 Å². The van der Waals surface area contributed by atoms with Crippen molar-refractivity contribution in [2.24, 2.45) is 0 Å². The first-order valence-electron chi connectivity index (χ1n) is 7.61. The van der Waals surface area contributed by atoms with Crippen LogP contribution in [0.5, 0.6) is 0 Å². The molecule has 0 saturated heterocycles. The molecule has 3 aromatic carbocycles. The van der Waals surface area contributed by atoms with Crippen LogP contribution in [0.15, 0.2) is 66.7 Å². The minimum atomic E-state index is -0.577. The van der Waals surface area contributed by atoms with Crippen molar-refractivity contribution in [1.29, 1.82) is 0 Å². The van der Waals surface area contributed by atoms with Crippen molar-refractivity contribution in [1.82, 2.24) is 0 Å². The van der Waals surface area contributed by atoms with E-state index in [-0.39, 0.29) is 11.3 Å². The number of halogens is 3. The lowest BCUT2D eigenvalue weighted by Gasteiger charge is -2.11. The Bertz CT molecular complexity index is 970. The number of anilines is 1. The van der Waals surface area contributed by atoms with E-state index in [0.717, 1.165) is 6.07 Å². The molecule has 0 aromatic heterocycles. The molecule has 0 bridgehead atoms. The molecule has 1 N–H and O–H groups in total. The summed E-state index contributed by atoms with van der Waals surface area (Å²) in [7, 11) is 0. The molecule has 3 rings (SSSR count). The Morgan fingerprint density at radius 3 is 1.88 bits per heavy atom. The number of carbonyl (C=O) groups is 2. The Balaban J connectivity index is 1.93. The van der Waals surface area contributed by atoms with Gasteiger partial charge in [-0.25, -0.2) is 4.39 Å². The fourth-order valence-corrected chi connectivity index (χ4v) is 2.62. The lowest BCUT2D eigenvalue weighted by molar-refractivity contribution is 0.102. The largest absolute Gasteiger partial charge is 0.321 e. The molecule has 0 aliphatic heterocycles. The first-order chi connectivity index (χ1) is 12.4. The Labute approximate surface area is 159 Å². The highest BCUT2D eigenvalue weighted by Gasteiger charge is 2.17. The summed E-state index contributed by atoms with van der Waals surface area (Å²) in [6, 6.07) is 16.1.